The Labute approximate surface area is 185 Å². The highest BCUT2D eigenvalue weighted by atomic mass is 16.6. The highest BCUT2D eigenvalue weighted by Crippen LogP contribution is 2.13. The predicted octanol–water partition coefficient (Wildman–Crippen LogP) is 6.76. The van der Waals surface area contributed by atoms with Gasteiger partial charge in [-0.2, -0.15) is 0 Å². The van der Waals surface area contributed by atoms with Gasteiger partial charge in [0, 0.05) is 20.0 Å². The Morgan fingerprint density at radius 1 is 0.500 bits per heavy atom. The van der Waals surface area contributed by atoms with E-state index >= 15 is 0 Å². The van der Waals surface area contributed by atoms with Gasteiger partial charge in [0.05, 0.1) is 13.2 Å². The van der Waals surface area contributed by atoms with Crippen LogP contribution in [0.2, 0.25) is 0 Å². The molecule has 0 N–H and O–H groups in total. The van der Waals surface area contributed by atoms with Gasteiger partial charge in [0.1, 0.15) is 6.61 Å². The molecule has 0 rings (SSSR count). The fourth-order valence-electron chi connectivity index (χ4n) is 3.42. The number of unbranched alkanes of at least 4 members (excludes halogenated alkanes) is 14. The summed E-state index contributed by atoms with van der Waals surface area (Å²) in [4.78, 5) is 23.0. The molecule has 0 aromatic rings. The van der Waals surface area contributed by atoms with Crippen molar-refractivity contribution >= 4 is 11.9 Å². The third kappa shape index (κ3) is 23.2. The maximum atomic E-state index is 11.6. The van der Waals surface area contributed by atoms with Crippen LogP contribution < -0.4 is 0 Å². The molecule has 5 nitrogen and oxygen atoms in total. The van der Waals surface area contributed by atoms with E-state index in [0.29, 0.717) is 19.6 Å². The molecule has 0 bridgehead atoms. The lowest BCUT2D eigenvalue weighted by Crippen LogP contribution is -2.11. The summed E-state index contributed by atoms with van der Waals surface area (Å²) < 4.78 is 15.0. The lowest BCUT2D eigenvalue weighted by Gasteiger charge is -2.06. The van der Waals surface area contributed by atoms with Gasteiger partial charge >= 0.3 is 11.9 Å². The van der Waals surface area contributed by atoms with Gasteiger partial charge in [0.15, 0.2) is 0 Å². The predicted molar refractivity (Wildman–Crippen MR) is 123 cm³/mol. The first-order valence-corrected chi connectivity index (χ1v) is 12.5. The number of esters is 2. The van der Waals surface area contributed by atoms with Gasteiger partial charge in [0.2, 0.25) is 0 Å². The number of carbonyl (C=O) groups is 2. The van der Waals surface area contributed by atoms with Gasteiger partial charge in [-0.25, -0.2) is 0 Å². The van der Waals surface area contributed by atoms with E-state index < -0.39 is 0 Å². The summed E-state index contributed by atoms with van der Waals surface area (Å²) in [5.74, 6) is -0.507. The number of methoxy groups -OCH3 is 1. The molecule has 178 valence electrons. The quantitative estimate of drug-likeness (QED) is 0.133. The molecule has 0 aromatic carbocycles. The van der Waals surface area contributed by atoms with Crippen molar-refractivity contribution in [2.45, 2.75) is 122 Å². The normalized spacial score (nSPS) is 10.9. The largest absolute Gasteiger partial charge is 0.466 e. The van der Waals surface area contributed by atoms with Gasteiger partial charge in [-0.15, -0.1) is 0 Å². The lowest BCUT2D eigenvalue weighted by molar-refractivity contribution is -0.146. The van der Waals surface area contributed by atoms with Gasteiger partial charge in [-0.1, -0.05) is 96.8 Å². The van der Waals surface area contributed by atoms with E-state index in [-0.39, 0.29) is 31.4 Å². The molecule has 0 fully saturated rings. The van der Waals surface area contributed by atoms with Crippen LogP contribution in [-0.4, -0.2) is 38.9 Å². The number of carbonyl (C=O) groups excluding carboxylic acids is 2. The average Bonchev–Trinajstić information content (AvgIpc) is 2.73. The zero-order valence-electron chi connectivity index (χ0n) is 19.9. The third-order valence-corrected chi connectivity index (χ3v) is 5.32. The van der Waals surface area contributed by atoms with Gasteiger partial charge in [0.25, 0.3) is 0 Å². The van der Waals surface area contributed by atoms with Crippen molar-refractivity contribution in [3.05, 3.63) is 0 Å². The summed E-state index contributed by atoms with van der Waals surface area (Å²) in [7, 11) is 1.56. The summed E-state index contributed by atoms with van der Waals surface area (Å²) >= 11 is 0. The van der Waals surface area contributed by atoms with Crippen LogP contribution in [0.25, 0.3) is 0 Å². The monoisotopic (exact) mass is 428 g/mol. The van der Waals surface area contributed by atoms with E-state index in [0.717, 1.165) is 12.8 Å². The van der Waals surface area contributed by atoms with E-state index in [4.69, 9.17) is 14.2 Å². The van der Waals surface area contributed by atoms with Crippen LogP contribution in [0.1, 0.15) is 122 Å². The summed E-state index contributed by atoms with van der Waals surface area (Å²) in [5.41, 5.74) is 0. The SMILES string of the molecule is CCCCCCCCCCCCCCCCCOC(=O)CCCC(=O)OCCOC. The molecule has 0 aliphatic rings. The van der Waals surface area contributed by atoms with Gasteiger partial charge in [-0.05, 0) is 12.8 Å². The van der Waals surface area contributed by atoms with E-state index in [1.807, 2.05) is 0 Å². The minimum atomic E-state index is -0.290. The van der Waals surface area contributed by atoms with Crippen molar-refractivity contribution in [3.8, 4) is 0 Å². The maximum absolute atomic E-state index is 11.6. The van der Waals surface area contributed by atoms with Crippen LogP contribution in [0.15, 0.2) is 0 Å². The lowest BCUT2D eigenvalue weighted by atomic mass is 10.0. The number of hydrogen-bond donors (Lipinski definition) is 0. The highest BCUT2D eigenvalue weighted by Gasteiger charge is 2.07. The van der Waals surface area contributed by atoms with Crippen molar-refractivity contribution in [3.63, 3.8) is 0 Å². The molecular weight excluding hydrogens is 380 g/mol. The Balaban J connectivity index is 3.21. The van der Waals surface area contributed by atoms with Crippen molar-refractivity contribution in [2.75, 3.05) is 26.9 Å². The molecule has 0 heterocycles. The van der Waals surface area contributed by atoms with Crippen LogP contribution in [0.3, 0.4) is 0 Å². The molecule has 0 atom stereocenters. The standard InChI is InChI=1S/C25H48O5/c1-3-4-5-6-7-8-9-10-11-12-13-14-15-16-17-21-29-24(26)19-18-20-25(27)30-23-22-28-2/h3-23H2,1-2H3. The van der Waals surface area contributed by atoms with Gasteiger partial charge in [-0.3, -0.25) is 9.59 Å². The molecule has 0 aromatic heterocycles. The smallest absolute Gasteiger partial charge is 0.305 e. The highest BCUT2D eigenvalue weighted by molar-refractivity contribution is 5.72. The molecule has 0 saturated heterocycles. The number of rotatable bonds is 23. The van der Waals surface area contributed by atoms with Crippen molar-refractivity contribution in [1.29, 1.82) is 0 Å². The minimum Gasteiger partial charge on any atom is -0.466 e. The fraction of sp³-hybridized carbons (Fsp3) is 0.920. The Morgan fingerprint density at radius 2 is 0.900 bits per heavy atom. The Morgan fingerprint density at radius 3 is 1.33 bits per heavy atom. The van der Waals surface area contributed by atoms with Crippen LogP contribution in [-0.2, 0) is 23.8 Å². The average molecular weight is 429 g/mol. The number of hydrogen-bond acceptors (Lipinski definition) is 5. The Hall–Kier alpha value is -1.10. The molecule has 0 spiro atoms. The Kier molecular flexibility index (Phi) is 23.3. The Bertz CT molecular complexity index is 384. The first-order valence-electron chi connectivity index (χ1n) is 12.5. The molecule has 0 aliphatic carbocycles. The zero-order valence-corrected chi connectivity index (χ0v) is 19.9. The van der Waals surface area contributed by atoms with E-state index in [1.165, 1.54) is 83.5 Å². The first-order chi connectivity index (χ1) is 14.7. The molecule has 0 saturated carbocycles. The number of ether oxygens (including phenoxy) is 3. The maximum Gasteiger partial charge on any atom is 0.305 e. The molecule has 0 aliphatic heterocycles. The molecular formula is C25H48O5. The summed E-state index contributed by atoms with van der Waals surface area (Å²) in [5, 5.41) is 0. The van der Waals surface area contributed by atoms with Crippen molar-refractivity contribution in [1.82, 2.24) is 0 Å². The van der Waals surface area contributed by atoms with Gasteiger partial charge < -0.3 is 14.2 Å². The third-order valence-electron chi connectivity index (χ3n) is 5.32. The van der Waals surface area contributed by atoms with Crippen LogP contribution in [0.5, 0.6) is 0 Å². The second kappa shape index (κ2) is 24.2. The van der Waals surface area contributed by atoms with E-state index in [1.54, 1.807) is 7.11 Å². The topological polar surface area (TPSA) is 61.8 Å². The van der Waals surface area contributed by atoms with Crippen molar-refractivity contribution in [2.24, 2.45) is 0 Å². The van der Waals surface area contributed by atoms with E-state index in [2.05, 4.69) is 6.92 Å². The second-order valence-corrected chi connectivity index (χ2v) is 8.24. The first kappa shape index (κ1) is 28.9. The molecule has 0 unspecified atom stereocenters. The van der Waals surface area contributed by atoms with Crippen LogP contribution in [0, 0.1) is 0 Å². The van der Waals surface area contributed by atoms with Crippen molar-refractivity contribution < 1.29 is 23.8 Å². The second-order valence-electron chi connectivity index (χ2n) is 8.24. The molecule has 0 radical (unpaired) electrons. The summed E-state index contributed by atoms with van der Waals surface area (Å²) in [6, 6.07) is 0. The van der Waals surface area contributed by atoms with Crippen LogP contribution >= 0.6 is 0 Å². The molecule has 30 heavy (non-hydrogen) atoms. The minimum absolute atomic E-state index is 0.218. The fourth-order valence-corrected chi connectivity index (χ4v) is 3.42. The van der Waals surface area contributed by atoms with Crippen LogP contribution in [0.4, 0.5) is 0 Å². The summed E-state index contributed by atoms with van der Waals surface area (Å²) in [6.45, 7) is 3.42. The molecule has 0 amide bonds. The summed E-state index contributed by atoms with van der Waals surface area (Å²) in [6.07, 6.45) is 20.9. The zero-order chi connectivity index (χ0) is 22.1. The molecule has 5 heteroatoms. The van der Waals surface area contributed by atoms with E-state index in [9.17, 15) is 9.59 Å².